The topological polar surface area (TPSA) is 95.6 Å². The van der Waals surface area contributed by atoms with E-state index in [4.69, 9.17) is 0 Å². The molecule has 33 heavy (non-hydrogen) atoms. The van der Waals surface area contributed by atoms with E-state index in [0.29, 0.717) is 33.8 Å². The molecule has 1 aliphatic heterocycles. The fourth-order valence-electron chi connectivity index (χ4n) is 3.92. The van der Waals surface area contributed by atoms with Crippen LogP contribution in [0.25, 0.3) is 5.57 Å². The van der Waals surface area contributed by atoms with Crippen molar-refractivity contribution in [3.05, 3.63) is 94.9 Å². The number of hydrogen-bond donors (Lipinski definition) is 2. The average Bonchev–Trinajstić information content (AvgIpc) is 2.78. The third kappa shape index (κ3) is 4.25. The fraction of sp³-hybridized carbons (Fsp3) is 0.120. The highest BCUT2D eigenvalue weighted by Crippen LogP contribution is 2.42. The molecule has 8 heteroatoms. The van der Waals surface area contributed by atoms with Crippen LogP contribution in [-0.4, -0.2) is 26.8 Å². The molecule has 0 spiro atoms. The van der Waals surface area contributed by atoms with Crippen molar-refractivity contribution in [1.82, 2.24) is 0 Å². The summed E-state index contributed by atoms with van der Waals surface area (Å²) in [4.78, 5) is 24.6. The molecule has 1 heterocycles. The van der Waals surface area contributed by atoms with Gasteiger partial charge in [-0.3, -0.25) is 13.9 Å². The smallest absolute Gasteiger partial charge is 0.270 e. The Morgan fingerprint density at radius 3 is 2.15 bits per heavy atom. The van der Waals surface area contributed by atoms with Gasteiger partial charge in [0, 0.05) is 36.0 Å². The molecule has 2 amide bonds. The quantitative estimate of drug-likeness (QED) is 0.595. The fourth-order valence-corrected chi connectivity index (χ4v) is 5.67. The van der Waals surface area contributed by atoms with E-state index in [0.717, 1.165) is 0 Å². The molecule has 0 radical (unpaired) electrons. The lowest BCUT2D eigenvalue weighted by Gasteiger charge is -2.32. The largest absolute Gasteiger partial charge is 0.326 e. The van der Waals surface area contributed by atoms with E-state index < -0.39 is 15.9 Å². The summed E-state index contributed by atoms with van der Waals surface area (Å²) in [7, 11) is -4.14. The Labute approximate surface area is 192 Å². The molecule has 0 fully saturated rings. The van der Waals surface area contributed by atoms with Gasteiger partial charge in [-0.25, -0.2) is 8.42 Å². The van der Waals surface area contributed by atoms with Crippen LogP contribution in [0.4, 0.5) is 17.1 Å². The van der Waals surface area contributed by atoms with Crippen molar-refractivity contribution < 1.29 is 18.0 Å². The molecule has 1 aliphatic rings. The molecule has 0 atom stereocenters. The van der Waals surface area contributed by atoms with Crippen molar-refractivity contribution in [2.75, 3.05) is 21.5 Å². The molecule has 3 aromatic carbocycles. The predicted molar refractivity (Wildman–Crippen MR) is 130 cm³/mol. The lowest BCUT2D eigenvalue weighted by Crippen LogP contribution is -2.39. The average molecular weight is 462 g/mol. The molecule has 0 saturated heterocycles. The molecule has 4 rings (SSSR count). The Bertz CT molecular complexity index is 1370. The van der Waals surface area contributed by atoms with Gasteiger partial charge < -0.3 is 10.6 Å². The maximum Gasteiger partial charge on any atom is 0.270 e. The molecule has 2 N–H and O–H groups in total. The molecule has 0 aliphatic carbocycles. The van der Waals surface area contributed by atoms with Gasteiger partial charge in [-0.15, -0.1) is 0 Å². The lowest BCUT2D eigenvalue weighted by atomic mass is 9.95. The summed E-state index contributed by atoms with van der Waals surface area (Å²) in [6.07, 6.45) is 0. The monoisotopic (exact) mass is 461 g/mol. The SMILES string of the molecule is CCN1c2ccccc2C(c2ccccc2)=C(C(=O)Nc2cccc(NC(C)=O)c2)S1(=O)=O. The maximum atomic E-state index is 13.7. The van der Waals surface area contributed by atoms with E-state index in [-0.39, 0.29) is 17.4 Å². The normalized spacial score (nSPS) is 14.4. The van der Waals surface area contributed by atoms with Crippen LogP contribution in [0.5, 0.6) is 0 Å². The minimum atomic E-state index is -4.14. The van der Waals surface area contributed by atoms with Crippen LogP contribution >= 0.6 is 0 Å². The van der Waals surface area contributed by atoms with E-state index in [9.17, 15) is 18.0 Å². The minimum absolute atomic E-state index is 0.177. The molecule has 0 aromatic heterocycles. The molecular weight excluding hydrogens is 438 g/mol. The van der Waals surface area contributed by atoms with Crippen LogP contribution in [0.15, 0.2) is 83.8 Å². The summed E-state index contributed by atoms with van der Waals surface area (Å²) < 4.78 is 28.6. The molecule has 168 valence electrons. The van der Waals surface area contributed by atoms with Crippen LogP contribution in [0.3, 0.4) is 0 Å². The zero-order valence-electron chi connectivity index (χ0n) is 18.2. The number of benzene rings is 3. The van der Waals surface area contributed by atoms with Crippen LogP contribution in [0, 0.1) is 0 Å². The Balaban J connectivity index is 1.89. The van der Waals surface area contributed by atoms with E-state index in [2.05, 4.69) is 10.6 Å². The van der Waals surface area contributed by atoms with Gasteiger partial charge in [-0.2, -0.15) is 0 Å². The molecule has 3 aromatic rings. The number of anilines is 3. The number of sulfonamides is 1. The van der Waals surface area contributed by atoms with Gasteiger partial charge in [-0.05, 0) is 36.8 Å². The number of nitrogens with one attached hydrogen (secondary N) is 2. The molecule has 0 saturated carbocycles. The van der Waals surface area contributed by atoms with Gasteiger partial charge in [0.2, 0.25) is 5.91 Å². The number of nitrogens with zero attached hydrogens (tertiary/aromatic N) is 1. The number of rotatable bonds is 5. The van der Waals surface area contributed by atoms with Gasteiger partial charge in [0.15, 0.2) is 4.91 Å². The first-order valence-electron chi connectivity index (χ1n) is 10.4. The predicted octanol–water partition coefficient (Wildman–Crippen LogP) is 4.21. The first-order chi connectivity index (χ1) is 15.8. The first-order valence-corrected chi connectivity index (χ1v) is 11.9. The zero-order chi connectivity index (χ0) is 23.6. The van der Waals surface area contributed by atoms with Gasteiger partial charge >= 0.3 is 0 Å². The molecular formula is C25H23N3O4S. The van der Waals surface area contributed by atoms with Crippen molar-refractivity contribution in [1.29, 1.82) is 0 Å². The highest BCUT2D eigenvalue weighted by atomic mass is 32.2. The van der Waals surface area contributed by atoms with Crippen LogP contribution in [0.2, 0.25) is 0 Å². The summed E-state index contributed by atoms with van der Waals surface area (Å²) in [5.74, 6) is -1.00. The van der Waals surface area contributed by atoms with Crippen LogP contribution < -0.4 is 14.9 Å². The highest BCUT2D eigenvalue weighted by molar-refractivity contribution is 7.97. The third-order valence-electron chi connectivity index (χ3n) is 5.21. The Morgan fingerprint density at radius 2 is 1.48 bits per heavy atom. The summed E-state index contributed by atoms with van der Waals surface area (Å²) >= 11 is 0. The molecule has 7 nitrogen and oxygen atoms in total. The number of para-hydroxylation sites is 1. The van der Waals surface area contributed by atoms with Gasteiger partial charge in [0.05, 0.1) is 5.69 Å². The van der Waals surface area contributed by atoms with Crippen molar-refractivity contribution in [3.63, 3.8) is 0 Å². The van der Waals surface area contributed by atoms with Gasteiger partial charge in [0.1, 0.15) is 0 Å². The summed E-state index contributed by atoms with van der Waals surface area (Å²) in [5.41, 5.74) is 3.03. The Morgan fingerprint density at radius 1 is 0.848 bits per heavy atom. The maximum absolute atomic E-state index is 13.7. The summed E-state index contributed by atoms with van der Waals surface area (Å²) in [6, 6.07) is 22.7. The Hall–Kier alpha value is -3.91. The van der Waals surface area contributed by atoms with Crippen molar-refractivity contribution >= 4 is 44.5 Å². The van der Waals surface area contributed by atoms with Gasteiger partial charge in [-0.1, -0.05) is 54.6 Å². The second-order valence-electron chi connectivity index (χ2n) is 7.47. The lowest BCUT2D eigenvalue weighted by molar-refractivity contribution is -0.114. The second-order valence-corrected chi connectivity index (χ2v) is 9.27. The Kier molecular flexibility index (Phi) is 6.02. The summed E-state index contributed by atoms with van der Waals surface area (Å²) in [5, 5.41) is 5.35. The van der Waals surface area contributed by atoms with Crippen molar-refractivity contribution in [2.24, 2.45) is 0 Å². The van der Waals surface area contributed by atoms with E-state index >= 15 is 0 Å². The van der Waals surface area contributed by atoms with Crippen molar-refractivity contribution in [3.8, 4) is 0 Å². The van der Waals surface area contributed by atoms with Crippen LogP contribution in [-0.2, 0) is 19.6 Å². The number of hydrogen-bond acceptors (Lipinski definition) is 4. The van der Waals surface area contributed by atoms with Crippen LogP contribution in [0.1, 0.15) is 25.0 Å². The zero-order valence-corrected chi connectivity index (χ0v) is 19.0. The number of carbonyl (C=O) groups excluding carboxylic acids is 2. The van der Waals surface area contributed by atoms with E-state index in [1.165, 1.54) is 11.2 Å². The van der Waals surface area contributed by atoms with Crippen molar-refractivity contribution in [2.45, 2.75) is 13.8 Å². The standard InChI is InChI=1S/C25H23N3O4S/c1-3-28-22-15-8-7-14-21(22)23(18-10-5-4-6-11-18)24(33(28,31)32)25(30)27-20-13-9-12-19(16-20)26-17(2)29/h4-16H,3H2,1-2H3,(H,26,29)(H,27,30). The molecule has 0 unspecified atom stereocenters. The first kappa shape index (κ1) is 22.3. The highest BCUT2D eigenvalue weighted by Gasteiger charge is 2.40. The third-order valence-corrected chi connectivity index (χ3v) is 7.15. The summed E-state index contributed by atoms with van der Waals surface area (Å²) in [6.45, 7) is 3.29. The van der Waals surface area contributed by atoms with E-state index in [1.54, 1.807) is 67.6 Å². The second kappa shape index (κ2) is 8.91. The number of amides is 2. The number of fused-ring (bicyclic) bond motifs is 1. The van der Waals surface area contributed by atoms with Gasteiger partial charge in [0.25, 0.3) is 15.9 Å². The minimum Gasteiger partial charge on any atom is -0.326 e. The number of carbonyl (C=O) groups is 2. The van der Waals surface area contributed by atoms with E-state index in [1.807, 2.05) is 18.2 Å². The molecule has 0 bridgehead atoms.